The molecular formula is C22H26N4. The predicted octanol–water partition coefficient (Wildman–Crippen LogP) is 3.89. The number of fused-ring (bicyclic) bond motifs is 2. The van der Waals surface area contributed by atoms with E-state index < -0.39 is 0 Å². The van der Waals surface area contributed by atoms with Crippen molar-refractivity contribution in [2.24, 2.45) is 0 Å². The van der Waals surface area contributed by atoms with E-state index in [9.17, 15) is 0 Å². The van der Waals surface area contributed by atoms with Crippen LogP contribution in [0.5, 0.6) is 0 Å². The molecule has 1 aromatic heterocycles. The van der Waals surface area contributed by atoms with Gasteiger partial charge in [-0.2, -0.15) is 0 Å². The van der Waals surface area contributed by atoms with Crippen molar-refractivity contribution in [1.82, 2.24) is 9.88 Å². The number of anilines is 2. The molecule has 1 fully saturated rings. The van der Waals surface area contributed by atoms with Crippen molar-refractivity contribution in [2.45, 2.75) is 12.3 Å². The predicted molar refractivity (Wildman–Crippen MR) is 109 cm³/mol. The van der Waals surface area contributed by atoms with Gasteiger partial charge in [-0.15, -0.1) is 0 Å². The smallest absolute Gasteiger partial charge is 0.0455 e. The molecule has 0 unspecified atom stereocenters. The lowest BCUT2D eigenvalue weighted by Crippen LogP contribution is -2.46. The van der Waals surface area contributed by atoms with Crippen LogP contribution in [-0.4, -0.2) is 49.2 Å². The van der Waals surface area contributed by atoms with E-state index in [-0.39, 0.29) is 0 Å². The van der Waals surface area contributed by atoms with Gasteiger partial charge in [0.2, 0.25) is 0 Å². The van der Waals surface area contributed by atoms with Gasteiger partial charge in [-0.05, 0) is 48.9 Å². The van der Waals surface area contributed by atoms with Gasteiger partial charge in [-0.1, -0.05) is 18.2 Å². The van der Waals surface area contributed by atoms with Crippen molar-refractivity contribution in [3.8, 4) is 0 Å². The van der Waals surface area contributed by atoms with Crippen molar-refractivity contribution in [1.29, 1.82) is 0 Å². The number of aromatic amines is 1. The first-order valence-corrected chi connectivity index (χ1v) is 9.74. The molecule has 0 amide bonds. The number of benzene rings is 2. The highest BCUT2D eigenvalue weighted by Crippen LogP contribution is 2.33. The molecule has 4 nitrogen and oxygen atoms in total. The maximum absolute atomic E-state index is 3.55. The Morgan fingerprint density at radius 2 is 1.85 bits per heavy atom. The highest BCUT2D eigenvalue weighted by Gasteiger charge is 2.23. The van der Waals surface area contributed by atoms with Crippen LogP contribution in [0.15, 0.2) is 54.7 Å². The Morgan fingerprint density at radius 3 is 2.77 bits per heavy atom. The summed E-state index contributed by atoms with van der Waals surface area (Å²) in [6.07, 6.45) is 3.27. The van der Waals surface area contributed by atoms with Gasteiger partial charge < -0.3 is 15.2 Å². The molecule has 0 bridgehead atoms. The highest BCUT2D eigenvalue weighted by molar-refractivity contribution is 5.83. The van der Waals surface area contributed by atoms with E-state index in [1.54, 1.807) is 0 Å². The van der Waals surface area contributed by atoms with Gasteiger partial charge in [-0.25, -0.2) is 0 Å². The van der Waals surface area contributed by atoms with Gasteiger partial charge in [-0.3, -0.25) is 4.90 Å². The van der Waals surface area contributed by atoms with Gasteiger partial charge >= 0.3 is 0 Å². The zero-order valence-electron chi connectivity index (χ0n) is 15.1. The molecule has 5 rings (SSSR count). The Kier molecular flexibility index (Phi) is 4.06. The molecule has 2 aliphatic rings. The lowest BCUT2D eigenvalue weighted by molar-refractivity contribution is 0.250. The van der Waals surface area contributed by atoms with Crippen LogP contribution in [0, 0.1) is 0 Å². The van der Waals surface area contributed by atoms with Gasteiger partial charge in [0.25, 0.3) is 0 Å². The number of H-pyrrole nitrogens is 1. The summed E-state index contributed by atoms with van der Waals surface area (Å²) in [5.41, 5.74) is 5.41. The Balaban J connectivity index is 1.16. The molecule has 0 radical (unpaired) electrons. The van der Waals surface area contributed by atoms with E-state index in [4.69, 9.17) is 0 Å². The van der Waals surface area contributed by atoms with E-state index in [2.05, 4.69) is 68.6 Å². The largest absolute Gasteiger partial charge is 0.384 e. The third-order valence-corrected chi connectivity index (χ3v) is 6.01. The summed E-state index contributed by atoms with van der Waals surface area (Å²) in [5, 5.41) is 4.85. The van der Waals surface area contributed by atoms with E-state index in [1.165, 1.54) is 40.8 Å². The number of nitrogens with zero attached hydrogens (tertiary/aromatic N) is 2. The number of hydrogen-bond acceptors (Lipinski definition) is 3. The fraction of sp³-hybridized carbons (Fsp3) is 0.364. The molecule has 3 heterocycles. The van der Waals surface area contributed by atoms with Gasteiger partial charge in [0.1, 0.15) is 0 Å². The normalized spacial score (nSPS) is 20.3. The van der Waals surface area contributed by atoms with Gasteiger partial charge in [0.05, 0.1) is 0 Å². The van der Waals surface area contributed by atoms with Gasteiger partial charge in [0, 0.05) is 67.1 Å². The van der Waals surface area contributed by atoms with E-state index in [0.29, 0.717) is 5.92 Å². The van der Waals surface area contributed by atoms with Crippen LogP contribution in [0.2, 0.25) is 0 Å². The molecule has 2 aromatic carbocycles. The summed E-state index contributed by atoms with van der Waals surface area (Å²) in [4.78, 5) is 8.43. The molecule has 3 aromatic rings. The van der Waals surface area contributed by atoms with E-state index in [1.807, 2.05) is 6.20 Å². The SMILES string of the molecule is c1ccc2c(c1)NC[C@@H]2CCN1CCN(c2ccc3[nH]ccc3c2)CC1. The minimum absolute atomic E-state index is 0.667. The number of piperazine rings is 1. The Morgan fingerprint density at radius 1 is 0.962 bits per heavy atom. The quantitative estimate of drug-likeness (QED) is 0.752. The summed E-state index contributed by atoms with van der Waals surface area (Å²) >= 11 is 0. The van der Waals surface area contributed by atoms with Crippen LogP contribution in [-0.2, 0) is 0 Å². The number of nitrogens with one attached hydrogen (secondary N) is 2. The van der Waals surface area contributed by atoms with Gasteiger partial charge in [0.15, 0.2) is 0 Å². The van der Waals surface area contributed by atoms with Crippen LogP contribution >= 0.6 is 0 Å². The third-order valence-electron chi connectivity index (χ3n) is 6.01. The molecule has 2 aliphatic heterocycles. The summed E-state index contributed by atoms with van der Waals surface area (Å²) in [7, 11) is 0. The summed E-state index contributed by atoms with van der Waals surface area (Å²) in [6.45, 7) is 6.85. The number of para-hydroxylation sites is 1. The molecule has 1 saturated heterocycles. The molecule has 0 aliphatic carbocycles. The van der Waals surface area contributed by atoms with Crippen molar-refractivity contribution >= 4 is 22.3 Å². The van der Waals surface area contributed by atoms with E-state index in [0.717, 1.165) is 32.7 Å². The van der Waals surface area contributed by atoms with E-state index >= 15 is 0 Å². The summed E-state index contributed by atoms with van der Waals surface area (Å²) < 4.78 is 0. The fourth-order valence-corrected chi connectivity index (χ4v) is 4.42. The Bertz CT molecular complexity index is 892. The summed E-state index contributed by atoms with van der Waals surface area (Å²) in [6, 6.07) is 17.7. The van der Waals surface area contributed by atoms with Crippen molar-refractivity contribution < 1.29 is 0 Å². The topological polar surface area (TPSA) is 34.3 Å². The Hall–Kier alpha value is -2.46. The minimum atomic E-state index is 0.667. The first-order chi connectivity index (χ1) is 12.9. The molecular weight excluding hydrogens is 320 g/mol. The van der Waals surface area contributed by atoms with Crippen LogP contribution < -0.4 is 10.2 Å². The zero-order chi connectivity index (χ0) is 17.3. The molecule has 1 atom stereocenters. The third kappa shape index (κ3) is 2.95. The number of rotatable bonds is 4. The molecule has 26 heavy (non-hydrogen) atoms. The van der Waals surface area contributed by atoms with Crippen LogP contribution in [0.4, 0.5) is 11.4 Å². The Labute approximate surface area is 154 Å². The minimum Gasteiger partial charge on any atom is -0.384 e. The second kappa shape index (κ2) is 6.69. The summed E-state index contributed by atoms with van der Waals surface area (Å²) in [5.74, 6) is 0.667. The van der Waals surface area contributed by atoms with Crippen molar-refractivity contribution in [3.63, 3.8) is 0 Å². The van der Waals surface area contributed by atoms with Crippen LogP contribution in [0.3, 0.4) is 0 Å². The lowest BCUT2D eigenvalue weighted by Gasteiger charge is -2.36. The zero-order valence-corrected chi connectivity index (χ0v) is 15.1. The lowest BCUT2D eigenvalue weighted by atomic mass is 9.97. The van der Waals surface area contributed by atoms with Crippen molar-refractivity contribution in [3.05, 3.63) is 60.3 Å². The maximum Gasteiger partial charge on any atom is 0.0455 e. The monoisotopic (exact) mass is 346 g/mol. The molecule has 0 saturated carbocycles. The van der Waals surface area contributed by atoms with Crippen LogP contribution in [0.1, 0.15) is 17.9 Å². The highest BCUT2D eigenvalue weighted by atomic mass is 15.3. The number of hydrogen-bond donors (Lipinski definition) is 2. The second-order valence-corrected chi connectivity index (χ2v) is 7.53. The first-order valence-electron chi connectivity index (χ1n) is 9.74. The molecule has 134 valence electrons. The van der Waals surface area contributed by atoms with Crippen LogP contribution in [0.25, 0.3) is 10.9 Å². The van der Waals surface area contributed by atoms with Crippen molar-refractivity contribution in [2.75, 3.05) is 49.5 Å². The molecule has 2 N–H and O–H groups in total. The average molecular weight is 346 g/mol. The molecule has 0 spiro atoms. The average Bonchev–Trinajstić information content (AvgIpc) is 3.33. The number of aromatic nitrogens is 1. The fourth-order valence-electron chi connectivity index (χ4n) is 4.42. The first kappa shape index (κ1) is 15.8. The maximum atomic E-state index is 3.55. The molecule has 4 heteroatoms. The second-order valence-electron chi connectivity index (χ2n) is 7.53. The standard InChI is InChI=1S/C22H26N4/c1-2-4-22-20(3-1)18(16-24-22)8-10-25-11-13-26(14-12-25)19-5-6-21-17(15-19)7-9-23-21/h1-7,9,15,18,23-24H,8,10-14,16H2/t18-/m0/s1.